The van der Waals surface area contributed by atoms with E-state index in [1.807, 2.05) is 60.7 Å². The minimum absolute atomic E-state index is 0. The van der Waals surface area contributed by atoms with Gasteiger partial charge in [0.05, 0.1) is 4.91 Å². The highest BCUT2D eigenvalue weighted by molar-refractivity contribution is 8.04. The fourth-order valence-electron chi connectivity index (χ4n) is 3.38. The Balaban J connectivity index is 0.00000240. The van der Waals surface area contributed by atoms with Crippen LogP contribution in [0.5, 0.6) is 0 Å². The maximum Gasteiger partial charge on any atom is 0.345 e. The van der Waals surface area contributed by atoms with Crippen molar-refractivity contribution in [2.75, 3.05) is 12.4 Å². The Hall–Kier alpha value is -1.99. The Bertz CT molecular complexity index is 885. The van der Waals surface area contributed by atoms with Crippen molar-refractivity contribution in [2.45, 2.75) is 17.5 Å². The molecule has 0 spiro atoms. The number of esters is 1. The zero-order valence-electron chi connectivity index (χ0n) is 15.4. The Kier molecular flexibility index (Phi) is 6.90. The van der Waals surface area contributed by atoms with E-state index in [4.69, 9.17) is 22.1 Å². The zero-order valence-corrected chi connectivity index (χ0v) is 17.8. The van der Waals surface area contributed by atoms with Crippen molar-refractivity contribution in [3.05, 3.63) is 82.3 Å². The summed E-state index contributed by atoms with van der Waals surface area (Å²) in [5.74, 6) is -0.395. The predicted octanol–water partition coefficient (Wildman–Crippen LogP) is 3.48. The van der Waals surface area contributed by atoms with Gasteiger partial charge in [-0.1, -0.05) is 72.4 Å². The van der Waals surface area contributed by atoms with Crippen molar-refractivity contribution < 1.29 is 14.3 Å². The molecule has 5 nitrogen and oxygen atoms in total. The third-order valence-electron chi connectivity index (χ3n) is 4.88. The van der Waals surface area contributed by atoms with E-state index in [0.29, 0.717) is 17.0 Å². The summed E-state index contributed by atoms with van der Waals surface area (Å²) in [5.41, 5.74) is 8.34. The van der Waals surface area contributed by atoms with E-state index >= 15 is 0 Å². The third kappa shape index (κ3) is 4.16. The first kappa shape index (κ1) is 21.7. The van der Waals surface area contributed by atoms with Crippen LogP contribution in [0.2, 0.25) is 0 Å². The normalized spacial score (nSPS) is 20.7. The van der Waals surface area contributed by atoms with Gasteiger partial charge in [0.15, 0.2) is 6.10 Å². The molecule has 2 aromatic rings. The van der Waals surface area contributed by atoms with E-state index in [0.717, 1.165) is 11.1 Å². The molecule has 2 atom stereocenters. The summed E-state index contributed by atoms with van der Waals surface area (Å²) >= 11 is 7.33. The molecule has 8 heteroatoms. The molecule has 1 saturated heterocycles. The number of hydrogen-bond acceptors (Lipinski definition) is 5. The Morgan fingerprint density at radius 3 is 2.21 bits per heavy atom. The summed E-state index contributed by atoms with van der Waals surface area (Å²) < 4.78 is 5.94. The summed E-state index contributed by atoms with van der Waals surface area (Å²) in [6.45, 7) is 0.319. The van der Waals surface area contributed by atoms with E-state index in [2.05, 4.69) is 0 Å². The molecule has 0 aliphatic carbocycles. The highest BCUT2D eigenvalue weighted by Gasteiger charge is 2.49. The summed E-state index contributed by atoms with van der Waals surface area (Å²) in [7, 11) is 0. The summed E-state index contributed by atoms with van der Waals surface area (Å²) in [6, 6.07) is 18.6. The second-order valence-corrected chi connectivity index (χ2v) is 8.07. The van der Waals surface area contributed by atoms with E-state index in [9.17, 15) is 9.59 Å². The molecule has 0 bridgehead atoms. The number of carbonyl (C=O) groups excluding carboxylic acids is 2. The molecule has 2 aromatic carbocycles. The zero-order chi connectivity index (χ0) is 19.7. The molecule has 1 unspecified atom stereocenters. The number of amides is 1. The number of fused-ring (bicyclic) bond motifs is 1. The van der Waals surface area contributed by atoms with Crippen LogP contribution in [0.1, 0.15) is 17.2 Å². The van der Waals surface area contributed by atoms with Crippen LogP contribution in [0.25, 0.3) is 0 Å². The summed E-state index contributed by atoms with van der Waals surface area (Å²) in [4.78, 5) is 27.1. The van der Waals surface area contributed by atoms with Gasteiger partial charge in [0.25, 0.3) is 0 Å². The lowest BCUT2D eigenvalue weighted by atomic mass is 10.0. The highest BCUT2D eigenvalue weighted by Crippen LogP contribution is 2.42. The number of benzene rings is 2. The van der Waals surface area contributed by atoms with Crippen LogP contribution in [0.4, 0.5) is 0 Å². The van der Waals surface area contributed by atoms with Crippen LogP contribution >= 0.6 is 35.8 Å². The molecule has 29 heavy (non-hydrogen) atoms. The fraction of sp³-hybridized carbons (Fsp3) is 0.238. The van der Waals surface area contributed by atoms with Gasteiger partial charge in [-0.05, 0) is 16.7 Å². The first-order valence-electron chi connectivity index (χ1n) is 8.91. The van der Waals surface area contributed by atoms with Crippen LogP contribution < -0.4 is 5.73 Å². The maximum atomic E-state index is 13.1. The van der Waals surface area contributed by atoms with Gasteiger partial charge < -0.3 is 15.4 Å². The molecule has 0 radical (unpaired) electrons. The molecule has 2 aliphatic heterocycles. The van der Waals surface area contributed by atoms with Crippen LogP contribution in [-0.4, -0.2) is 40.6 Å². The number of β-lactam (4-membered cyclic amide) rings is 1. The third-order valence-corrected chi connectivity index (χ3v) is 6.68. The molecular weight excluding hydrogens is 431 g/mol. The average molecular weight is 451 g/mol. The van der Waals surface area contributed by atoms with E-state index in [1.165, 1.54) is 11.8 Å². The summed E-state index contributed by atoms with van der Waals surface area (Å²) in [5, 5.41) is -0.242. The number of thioether (sulfide) groups is 1. The molecule has 2 N–H and O–H groups in total. The van der Waals surface area contributed by atoms with Crippen LogP contribution in [0.3, 0.4) is 0 Å². The topological polar surface area (TPSA) is 72.6 Å². The lowest BCUT2D eigenvalue weighted by Crippen LogP contribution is -2.68. The largest absolute Gasteiger partial charge is 0.449 e. The van der Waals surface area contributed by atoms with E-state index < -0.39 is 18.1 Å². The fourth-order valence-corrected chi connectivity index (χ4v) is 4.93. The highest BCUT2D eigenvalue weighted by atomic mass is 35.5. The molecule has 2 heterocycles. The van der Waals surface area contributed by atoms with Gasteiger partial charge in [0.2, 0.25) is 5.91 Å². The van der Waals surface area contributed by atoms with Crippen LogP contribution in [0, 0.1) is 0 Å². The molecule has 4 rings (SSSR count). The van der Waals surface area contributed by atoms with Crippen molar-refractivity contribution in [3.63, 3.8) is 0 Å². The maximum absolute atomic E-state index is 13.1. The molecule has 2 aliphatic rings. The van der Waals surface area contributed by atoms with Gasteiger partial charge in [-0.3, -0.25) is 4.79 Å². The van der Waals surface area contributed by atoms with E-state index in [1.54, 1.807) is 4.90 Å². The Labute approximate surface area is 184 Å². The van der Waals surface area contributed by atoms with Crippen molar-refractivity contribution in [1.29, 1.82) is 0 Å². The smallest absolute Gasteiger partial charge is 0.345 e. The Morgan fingerprint density at radius 1 is 1.14 bits per heavy atom. The van der Waals surface area contributed by atoms with Crippen molar-refractivity contribution >= 4 is 47.6 Å². The lowest BCUT2D eigenvalue weighted by molar-refractivity contribution is -0.145. The van der Waals surface area contributed by atoms with Gasteiger partial charge in [-0.15, -0.1) is 24.0 Å². The number of carbonyl (C=O) groups is 2. The molecule has 152 valence electrons. The van der Waals surface area contributed by atoms with Crippen molar-refractivity contribution in [2.24, 2.45) is 5.73 Å². The van der Waals surface area contributed by atoms with Gasteiger partial charge in [0.1, 0.15) is 11.4 Å². The van der Waals surface area contributed by atoms with Crippen molar-refractivity contribution in [1.82, 2.24) is 4.90 Å². The minimum Gasteiger partial charge on any atom is -0.449 e. The molecule has 0 aromatic heterocycles. The molecule has 1 amide bonds. The predicted molar refractivity (Wildman–Crippen MR) is 117 cm³/mol. The lowest BCUT2D eigenvalue weighted by Gasteiger charge is -2.48. The quantitative estimate of drug-likeness (QED) is 0.428. The van der Waals surface area contributed by atoms with Gasteiger partial charge in [-0.2, -0.15) is 0 Å². The second kappa shape index (κ2) is 9.22. The number of hydrogen-bond donors (Lipinski definition) is 1. The number of rotatable bonds is 5. The van der Waals surface area contributed by atoms with Gasteiger partial charge in [0, 0.05) is 12.4 Å². The molecule has 0 saturated carbocycles. The molecular formula is C21H20Cl2N2O3S. The van der Waals surface area contributed by atoms with Crippen molar-refractivity contribution in [3.8, 4) is 0 Å². The Morgan fingerprint density at radius 2 is 1.69 bits per heavy atom. The van der Waals surface area contributed by atoms with Crippen LogP contribution in [0.15, 0.2) is 71.1 Å². The van der Waals surface area contributed by atoms with E-state index in [-0.39, 0.29) is 29.6 Å². The number of ether oxygens (including phenoxy) is 1. The monoisotopic (exact) mass is 450 g/mol. The number of halogens is 2. The number of alkyl halides is 1. The molecule has 1 fully saturated rings. The average Bonchev–Trinajstić information content (AvgIpc) is 2.76. The van der Waals surface area contributed by atoms with Gasteiger partial charge in [-0.25, -0.2) is 4.79 Å². The summed E-state index contributed by atoms with van der Waals surface area (Å²) in [6.07, 6.45) is -0.533. The van der Waals surface area contributed by atoms with Crippen LogP contribution in [-0.2, 0) is 14.3 Å². The number of nitrogens with zero attached hydrogens (tertiary/aromatic N) is 1. The second-order valence-electron chi connectivity index (χ2n) is 6.67. The SMILES string of the molecule is Cl.NC1C(=O)N2CC(CCl)=C(C(=O)OC(c3ccccc3)c3ccccc3)S[C@@H]12. The standard InChI is InChI=1S/C21H19ClN2O3S.ClH/c22-11-15-12-24-19(25)16(23)20(24)28-18(15)21(26)27-17(13-7-3-1-4-8-13)14-9-5-2-6-10-14;/h1-10,16-17,20H,11-12,23H2;1H/t16?,20-;/m0./s1. The first-order chi connectivity index (χ1) is 13.6. The first-order valence-corrected chi connectivity index (χ1v) is 10.3. The number of nitrogens with two attached hydrogens (primary N) is 1. The minimum atomic E-state index is -0.594. The van der Waals surface area contributed by atoms with Gasteiger partial charge >= 0.3 is 5.97 Å².